The lowest BCUT2D eigenvalue weighted by atomic mass is 10.2. The Kier molecular flexibility index (Phi) is 4.85. The van der Waals surface area contributed by atoms with Crippen LogP contribution in [0.25, 0.3) is 11.3 Å². The van der Waals surface area contributed by atoms with Crippen LogP contribution in [0.1, 0.15) is 38.5 Å². The van der Waals surface area contributed by atoms with Crippen LogP contribution in [0.15, 0.2) is 16.1 Å². The number of ether oxygens (including phenoxy) is 1. The van der Waals surface area contributed by atoms with Gasteiger partial charge in [-0.2, -0.15) is 0 Å². The van der Waals surface area contributed by atoms with Gasteiger partial charge in [-0.25, -0.2) is 9.78 Å². The highest BCUT2D eigenvalue weighted by Crippen LogP contribution is 2.25. The first-order valence-electron chi connectivity index (χ1n) is 7.14. The molecule has 0 aromatic carbocycles. The Morgan fingerprint density at radius 2 is 2.18 bits per heavy atom. The summed E-state index contributed by atoms with van der Waals surface area (Å²) in [4.78, 5) is 18.3. The van der Waals surface area contributed by atoms with Gasteiger partial charge >= 0.3 is 6.09 Å². The van der Waals surface area contributed by atoms with Gasteiger partial charge in [0, 0.05) is 11.9 Å². The van der Waals surface area contributed by atoms with Crippen LogP contribution >= 0.6 is 11.3 Å². The van der Waals surface area contributed by atoms with Crippen molar-refractivity contribution >= 4 is 17.4 Å². The molecule has 22 heavy (non-hydrogen) atoms. The maximum Gasteiger partial charge on any atom is 0.410 e. The Morgan fingerprint density at radius 1 is 1.45 bits per heavy atom. The van der Waals surface area contributed by atoms with Crippen LogP contribution in [-0.4, -0.2) is 33.3 Å². The molecule has 2 rings (SSSR count). The molecule has 1 amide bonds. The van der Waals surface area contributed by atoms with Crippen molar-refractivity contribution in [1.29, 1.82) is 0 Å². The molecule has 2 aromatic heterocycles. The Morgan fingerprint density at radius 3 is 2.73 bits per heavy atom. The van der Waals surface area contributed by atoms with Crippen molar-refractivity contribution in [3.8, 4) is 11.3 Å². The van der Waals surface area contributed by atoms with Gasteiger partial charge in [0.1, 0.15) is 16.4 Å². The summed E-state index contributed by atoms with van der Waals surface area (Å²) >= 11 is 1.51. The smallest absolute Gasteiger partial charge is 0.410 e. The Balaban J connectivity index is 2.08. The molecule has 2 heterocycles. The fourth-order valence-electron chi connectivity index (χ4n) is 1.85. The molecule has 0 aliphatic heterocycles. The zero-order valence-corrected chi connectivity index (χ0v) is 14.4. The second kappa shape index (κ2) is 6.48. The van der Waals surface area contributed by atoms with E-state index in [9.17, 15) is 4.79 Å². The van der Waals surface area contributed by atoms with Crippen molar-refractivity contribution < 1.29 is 14.1 Å². The molecule has 6 nitrogen and oxygen atoms in total. The van der Waals surface area contributed by atoms with Gasteiger partial charge in [0.15, 0.2) is 0 Å². The van der Waals surface area contributed by atoms with Crippen LogP contribution < -0.4 is 0 Å². The summed E-state index contributed by atoms with van der Waals surface area (Å²) in [5.41, 5.74) is 1.19. The predicted molar refractivity (Wildman–Crippen MR) is 84.7 cm³/mol. The number of hydrogen-bond donors (Lipinski definition) is 0. The number of thiazole rings is 1. The van der Waals surface area contributed by atoms with E-state index in [2.05, 4.69) is 10.1 Å². The number of aryl methyl sites for hydroxylation is 1. The minimum atomic E-state index is -0.502. The van der Waals surface area contributed by atoms with Gasteiger partial charge in [0.05, 0.1) is 24.0 Å². The van der Waals surface area contributed by atoms with E-state index in [1.165, 1.54) is 11.3 Å². The highest BCUT2D eigenvalue weighted by atomic mass is 32.1. The van der Waals surface area contributed by atoms with E-state index in [-0.39, 0.29) is 6.09 Å². The number of carbonyl (C=O) groups is 1. The molecule has 0 fully saturated rings. The van der Waals surface area contributed by atoms with E-state index in [0.717, 1.165) is 22.0 Å². The molecule has 2 aromatic rings. The maximum absolute atomic E-state index is 12.1. The molecule has 0 radical (unpaired) electrons. The van der Waals surface area contributed by atoms with Crippen LogP contribution in [-0.2, 0) is 11.3 Å². The second-order valence-corrected chi connectivity index (χ2v) is 6.86. The van der Waals surface area contributed by atoms with Gasteiger partial charge in [-0.15, -0.1) is 11.3 Å². The van der Waals surface area contributed by atoms with Gasteiger partial charge in [-0.05, 0) is 34.6 Å². The molecule has 0 atom stereocenters. The van der Waals surface area contributed by atoms with Crippen molar-refractivity contribution in [2.45, 2.75) is 46.8 Å². The third kappa shape index (κ3) is 4.07. The monoisotopic (exact) mass is 323 g/mol. The van der Waals surface area contributed by atoms with Crippen molar-refractivity contribution in [3.05, 3.63) is 22.3 Å². The zero-order valence-electron chi connectivity index (χ0n) is 13.5. The lowest BCUT2D eigenvalue weighted by molar-refractivity contribution is 0.0244. The van der Waals surface area contributed by atoms with Crippen molar-refractivity contribution in [2.24, 2.45) is 0 Å². The molecular formula is C15H21N3O3S. The van der Waals surface area contributed by atoms with Crippen LogP contribution in [0.2, 0.25) is 0 Å². The fraction of sp³-hybridized carbons (Fsp3) is 0.533. The molecule has 0 aliphatic rings. The normalized spacial score (nSPS) is 11.5. The summed E-state index contributed by atoms with van der Waals surface area (Å²) in [6, 6.07) is 0. The van der Waals surface area contributed by atoms with Crippen LogP contribution in [0, 0.1) is 6.92 Å². The highest BCUT2D eigenvalue weighted by Gasteiger charge is 2.22. The van der Waals surface area contributed by atoms with Gasteiger partial charge in [0.25, 0.3) is 0 Å². The summed E-state index contributed by atoms with van der Waals surface area (Å²) in [6.45, 7) is 10.3. The van der Waals surface area contributed by atoms with Gasteiger partial charge < -0.3 is 14.2 Å². The van der Waals surface area contributed by atoms with Crippen LogP contribution in [0.3, 0.4) is 0 Å². The first kappa shape index (κ1) is 16.5. The van der Waals surface area contributed by atoms with Crippen molar-refractivity contribution in [3.63, 3.8) is 0 Å². The van der Waals surface area contributed by atoms with E-state index in [1.54, 1.807) is 11.1 Å². The lowest BCUT2D eigenvalue weighted by Gasteiger charge is -2.25. The Labute approximate surface area is 134 Å². The molecule has 0 saturated heterocycles. The second-order valence-electron chi connectivity index (χ2n) is 5.92. The standard InChI is InChI=1S/C15H21N3O3S/c1-6-18(14(19)20-15(3,4)5)8-13-17-12(9-22-13)11-7-16-21-10(11)2/h7,9H,6,8H2,1-5H3. The van der Waals surface area contributed by atoms with Gasteiger partial charge in [0.2, 0.25) is 0 Å². The number of rotatable bonds is 4. The molecule has 0 aliphatic carbocycles. The third-order valence-corrected chi connectivity index (χ3v) is 3.77. The first-order valence-corrected chi connectivity index (χ1v) is 8.02. The van der Waals surface area contributed by atoms with Gasteiger partial charge in [-0.1, -0.05) is 5.16 Å². The average Bonchev–Trinajstić information content (AvgIpc) is 3.02. The van der Waals surface area contributed by atoms with Gasteiger partial charge in [-0.3, -0.25) is 0 Å². The minimum absolute atomic E-state index is 0.326. The van der Waals surface area contributed by atoms with Crippen molar-refractivity contribution in [1.82, 2.24) is 15.0 Å². The molecular weight excluding hydrogens is 302 g/mol. The quantitative estimate of drug-likeness (QED) is 0.854. The molecule has 0 N–H and O–H groups in total. The number of aromatic nitrogens is 2. The van der Waals surface area contributed by atoms with E-state index in [1.807, 2.05) is 40.0 Å². The lowest BCUT2D eigenvalue weighted by Crippen LogP contribution is -2.36. The zero-order chi connectivity index (χ0) is 16.3. The Bertz CT molecular complexity index is 642. The molecule has 7 heteroatoms. The van der Waals surface area contributed by atoms with Crippen LogP contribution in [0.5, 0.6) is 0 Å². The van der Waals surface area contributed by atoms with E-state index >= 15 is 0 Å². The van der Waals surface area contributed by atoms with E-state index in [0.29, 0.717) is 13.1 Å². The number of carbonyl (C=O) groups excluding carboxylic acids is 1. The SMILES string of the molecule is CCN(Cc1nc(-c2cnoc2C)cs1)C(=O)OC(C)(C)C. The highest BCUT2D eigenvalue weighted by molar-refractivity contribution is 7.09. The number of hydrogen-bond acceptors (Lipinski definition) is 6. The third-order valence-electron chi connectivity index (χ3n) is 2.94. The largest absolute Gasteiger partial charge is 0.444 e. The van der Waals surface area contributed by atoms with Crippen molar-refractivity contribution in [2.75, 3.05) is 6.54 Å². The molecule has 0 unspecified atom stereocenters. The molecule has 0 saturated carbocycles. The summed E-state index contributed by atoms with van der Waals surface area (Å²) in [5.74, 6) is 0.733. The minimum Gasteiger partial charge on any atom is -0.444 e. The summed E-state index contributed by atoms with van der Waals surface area (Å²) in [5, 5.41) is 6.55. The van der Waals surface area contributed by atoms with E-state index in [4.69, 9.17) is 9.26 Å². The number of nitrogens with zero attached hydrogens (tertiary/aromatic N) is 3. The molecule has 0 spiro atoms. The topological polar surface area (TPSA) is 68.5 Å². The maximum atomic E-state index is 12.1. The average molecular weight is 323 g/mol. The fourth-order valence-corrected chi connectivity index (χ4v) is 2.66. The molecule has 120 valence electrons. The predicted octanol–water partition coefficient (Wildman–Crippen LogP) is 3.86. The number of amides is 1. The molecule has 0 bridgehead atoms. The summed E-state index contributed by atoms with van der Waals surface area (Å²) < 4.78 is 10.5. The van der Waals surface area contributed by atoms with E-state index < -0.39 is 5.60 Å². The van der Waals surface area contributed by atoms with Crippen LogP contribution in [0.4, 0.5) is 4.79 Å². The summed E-state index contributed by atoms with van der Waals surface area (Å²) in [6.07, 6.45) is 1.33. The Hall–Kier alpha value is -1.89. The first-order chi connectivity index (χ1) is 10.3. The summed E-state index contributed by atoms with van der Waals surface area (Å²) in [7, 11) is 0.